The van der Waals surface area contributed by atoms with Gasteiger partial charge in [0.1, 0.15) is 12.4 Å². The molecule has 4 heteroatoms. The van der Waals surface area contributed by atoms with Crippen LogP contribution in [-0.2, 0) is 11.3 Å². The average Bonchev–Trinajstić information content (AvgIpc) is 3.04. The third kappa shape index (κ3) is 5.02. The first-order valence-corrected chi connectivity index (χ1v) is 8.30. The highest BCUT2D eigenvalue weighted by Crippen LogP contribution is 2.30. The number of benzene rings is 1. The molecule has 0 radical (unpaired) electrons. The van der Waals surface area contributed by atoms with Gasteiger partial charge in [0.25, 0.3) is 0 Å². The third-order valence-corrected chi connectivity index (χ3v) is 4.38. The van der Waals surface area contributed by atoms with Gasteiger partial charge >= 0.3 is 0 Å². The van der Waals surface area contributed by atoms with E-state index in [1.165, 1.54) is 25.7 Å². The van der Waals surface area contributed by atoms with Gasteiger partial charge in [-0.15, -0.1) is 0 Å². The lowest BCUT2D eigenvalue weighted by molar-refractivity contribution is -0.125. The van der Waals surface area contributed by atoms with Crippen molar-refractivity contribution in [2.45, 2.75) is 45.6 Å². The zero-order valence-corrected chi connectivity index (χ0v) is 13.4. The zero-order chi connectivity index (χ0) is 15.8. The van der Waals surface area contributed by atoms with Gasteiger partial charge < -0.3 is 15.2 Å². The van der Waals surface area contributed by atoms with Gasteiger partial charge in [-0.2, -0.15) is 0 Å². The minimum atomic E-state index is -0.0148. The smallest absolute Gasteiger partial charge is 0.223 e. The Kier molecular flexibility index (Phi) is 6.72. The fourth-order valence-electron chi connectivity index (χ4n) is 3.16. The molecular formula is C18H27NO3. The Labute approximate surface area is 132 Å². The van der Waals surface area contributed by atoms with E-state index in [0.29, 0.717) is 6.54 Å². The van der Waals surface area contributed by atoms with Gasteiger partial charge in [0.15, 0.2) is 0 Å². The Balaban J connectivity index is 1.82. The fraction of sp³-hybridized carbons (Fsp3) is 0.611. The van der Waals surface area contributed by atoms with Crippen molar-refractivity contribution in [1.82, 2.24) is 5.32 Å². The summed E-state index contributed by atoms with van der Waals surface area (Å²) in [6, 6.07) is 7.61. The number of carbonyl (C=O) groups excluding carboxylic acids is 1. The molecule has 1 unspecified atom stereocenters. The van der Waals surface area contributed by atoms with Crippen molar-refractivity contribution in [3.63, 3.8) is 0 Å². The number of para-hydroxylation sites is 1. The van der Waals surface area contributed by atoms with E-state index in [1.807, 2.05) is 31.2 Å². The van der Waals surface area contributed by atoms with Crippen LogP contribution in [0.25, 0.3) is 0 Å². The summed E-state index contributed by atoms with van der Waals surface area (Å²) >= 11 is 0. The third-order valence-electron chi connectivity index (χ3n) is 4.38. The van der Waals surface area contributed by atoms with Crippen molar-refractivity contribution in [3.05, 3.63) is 29.8 Å². The summed E-state index contributed by atoms with van der Waals surface area (Å²) in [6.45, 7) is 2.74. The summed E-state index contributed by atoms with van der Waals surface area (Å²) in [5, 5.41) is 11.9. The highest BCUT2D eigenvalue weighted by atomic mass is 16.5. The van der Waals surface area contributed by atoms with Gasteiger partial charge in [0.05, 0.1) is 6.61 Å². The van der Waals surface area contributed by atoms with Gasteiger partial charge in [-0.1, -0.05) is 50.8 Å². The molecule has 0 heterocycles. The van der Waals surface area contributed by atoms with Gasteiger partial charge in [-0.05, 0) is 18.4 Å². The molecule has 1 aromatic carbocycles. The molecule has 122 valence electrons. The second-order valence-corrected chi connectivity index (χ2v) is 6.18. The largest absolute Gasteiger partial charge is 0.491 e. The summed E-state index contributed by atoms with van der Waals surface area (Å²) < 4.78 is 5.49. The molecule has 0 aromatic heterocycles. The number of carbonyl (C=O) groups is 1. The summed E-state index contributed by atoms with van der Waals surface area (Å²) in [7, 11) is 0. The van der Waals surface area contributed by atoms with Crippen molar-refractivity contribution >= 4 is 5.91 Å². The van der Waals surface area contributed by atoms with E-state index in [-0.39, 0.29) is 25.0 Å². The van der Waals surface area contributed by atoms with Crippen LogP contribution in [0, 0.1) is 11.8 Å². The predicted molar refractivity (Wildman–Crippen MR) is 86.6 cm³/mol. The van der Waals surface area contributed by atoms with Crippen molar-refractivity contribution in [2.75, 3.05) is 13.2 Å². The fourth-order valence-corrected chi connectivity index (χ4v) is 3.16. The lowest BCUT2D eigenvalue weighted by Crippen LogP contribution is -2.30. The molecule has 0 bridgehead atoms. The molecule has 1 saturated carbocycles. The molecular weight excluding hydrogens is 278 g/mol. The minimum absolute atomic E-state index is 0.0148. The molecule has 2 rings (SSSR count). The quantitative estimate of drug-likeness (QED) is 0.776. The maximum absolute atomic E-state index is 12.2. The number of aliphatic hydroxyl groups excluding tert-OH is 1. The molecule has 22 heavy (non-hydrogen) atoms. The molecule has 2 N–H and O–H groups in total. The van der Waals surface area contributed by atoms with Crippen LogP contribution >= 0.6 is 0 Å². The topological polar surface area (TPSA) is 58.6 Å². The molecule has 1 aromatic rings. The Morgan fingerprint density at radius 1 is 1.36 bits per heavy atom. The maximum Gasteiger partial charge on any atom is 0.223 e. The predicted octanol–water partition coefficient (Wildman–Crippen LogP) is 2.89. The van der Waals surface area contributed by atoms with Crippen LogP contribution in [0.5, 0.6) is 5.75 Å². The summed E-state index contributed by atoms with van der Waals surface area (Å²) in [5.74, 6) is 1.62. The number of amides is 1. The Bertz CT molecular complexity index is 469. The van der Waals surface area contributed by atoms with Gasteiger partial charge in [-0.3, -0.25) is 4.79 Å². The number of hydrogen-bond acceptors (Lipinski definition) is 3. The van der Waals surface area contributed by atoms with Crippen LogP contribution in [0.3, 0.4) is 0 Å². The first-order valence-electron chi connectivity index (χ1n) is 8.30. The molecule has 4 nitrogen and oxygen atoms in total. The van der Waals surface area contributed by atoms with Crippen LogP contribution in [-0.4, -0.2) is 24.2 Å². The maximum atomic E-state index is 12.2. The molecule has 1 amide bonds. The van der Waals surface area contributed by atoms with E-state index in [2.05, 4.69) is 5.32 Å². The average molecular weight is 305 g/mol. The number of aliphatic hydroxyl groups is 1. The number of hydrogen-bond donors (Lipinski definition) is 2. The molecule has 0 saturated heterocycles. The second-order valence-electron chi connectivity index (χ2n) is 6.18. The first kappa shape index (κ1) is 16.8. The highest BCUT2D eigenvalue weighted by molar-refractivity contribution is 5.78. The van der Waals surface area contributed by atoms with Crippen molar-refractivity contribution in [3.8, 4) is 5.75 Å². The number of rotatable bonds is 8. The van der Waals surface area contributed by atoms with Crippen LogP contribution < -0.4 is 10.1 Å². The summed E-state index contributed by atoms with van der Waals surface area (Å²) in [6.07, 6.45) is 6.17. The Morgan fingerprint density at radius 3 is 2.82 bits per heavy atom. The van der Waals surface area contributed by atoms with Gasteiger partial charge in [0.2, 0.25) is 5.91 Å². The van der Waals surface area contributed by atoms with E-state index < -0.39 is 0 Å². The van der Waals surface area contributed by atoms with Gasteiger partial charge in [0, 0.05) is 18.0 Å². The second kappa shape index (κ2) is 8.79. The van der Waals surface area contributed by atoms with E-state index in [0.717, 1.165) is 23.7 Å². The molecule has 1 atom stereocenters. The molecule has 0 spiro atoms. The van der Waals surface area contributed by atoms with Crippen molar-refractivity contribution in [2.24, 2.45) is 11.8 Å². The van der Waals surface area contributed by atoms with Crippen LogP contribution in [0.15, 0.2) is 24.3 Å². The zero-order valence-electron chi connectivity index (χ0n) is 13.4. The minimum Gasteiger partial charge on any atom is -0.491 e. The van der Waals surface area contributed by atoms with E-state index in [4.69, 9.17) is 9.84 Å². The van der Waals surface area contributed by atoms with Crippen LogP contribution in [0.1, 0.15) is 44.6 Å². The molecule has 1 aliphatic rings. The number of nitrogens with one attached hydrogen (secondary N) is 1. The van der Waals surface area contributed by atoms with E-state index in [9.17, 15) is 4.79 Å². The van der Waals surface area contributed by atoms with Crippen molar-refractivity contribution in [1.29, 1.82) is 0 Å². The van der Waals surface area contributed by atoms with Crippen molar-refractivity contribution < 1.29 is 14.6 Å². The van der Waals surface area contributed by atoms with E-state index >= 15 is 0 Å². The lowest BCUT2D eigenvalue weighted by Gasteiger charge is -2.17. The standard InChI is InChI=1S/C18H27NO3/c1-14(12-15-6-2-3-7-15)18(21)19-13-16-8-4-5-9-17(16)22-11-10-20/h4-5,8-9,14-15,20H,2-3,6-7,10-13H2,1H3,(H,19,21). The normalized spacial score (nSPS) is 16.5. The summed E-state index contributed by atoms with van der Waals surface area (Å²) in [4.78, 5) is 12.2. The van der Waals surface area contributed by atoms with Gasteiger partial charge in [-0.25, -0.2) is 0 Å². The highest BCUT2D eigenvalue weighted by Gasteiger charge is 2.21. The summed E-state index contributed by atoms with van der Waals surface area (Å²) in [5.41, 5.74) is 0.942. The Morgan fingerprint density at radius 2 is 2.09 bits per heavy atom. The molecule has 1 fully saturated rings. The SMILES string of the molecule is CC(CC1CCCC1)C(=O)NCc1ccccc1OCCO. The monoisotopic (exact) mass is 305 g/mol. The molecule has 0 aliphatic heterocycles. The van der Waals surface area contributed by atoms with Crippen LogP contribution in [0.4, 0.5) is 0 Å². The lowest BCUT2D eigenvalue weighted by atomic mass is 9.94. The number of ether oxygens (including phenoxy) is 1. The van der Waals surface area contributed by atoms with E-state index in [1.54, 1.807) is 0 Å². The first-order chi connectivity index (χ1) is 10.7. The van der Waals surface area contributed by atoms with Crippen LogP contribution in [0.2, 0.25) is 0 Å². The molecule has 1 aliphatic carbocycles. The Hall–Kier alpha value is -1.55.